The Bertz CT molecular complexity index is 563. The SMILES string of the molecule is C=CCC(N)C(=O)c1cnc2ccccc2c1. The molecule has 0 saturated heterocycles. The van der Waals surface area contributed by atoms with Crippen LogP contribution in [0.5, 0.6) is 0 Å². The number of carbonyl (C=O) groups excluding carboxylic acids is 1. The molecule has 0 spiro atoms. The second kappa shape index (κ2) is 4.89. The van der Waals surface area contributed by atoms with Crippen LogP contribution in [0.4, 0.5) is 0 Å². The highest BCUT2D eigenvalue weighted by Gasteiger charge is 2.14. The molecule has 0 bridgehead atoms. The first kappa shape index (κ1) is 11.5. The number of Topliss-reactive ketones (excluding diaryl/α,β-unsaturated/α-hetero) is 1. The maximum atomic E-state index is 12.0. The molecule has 1 unspecified atom stereocenters. The van der Waals surface area contributed by atoms with Crippen molar-refractivity contribution < 1.29 is 4.79 Å². The van der Waals surface area contributed by atoms with E-state index in [0.717, 1.165) is 10.9 Å². The Labute approximate surface area is 100.0 Å². The van der Waals surface area contributed by atoms with Crippen LogP contribution in [0.25, 0.3) is 10.9 Å². The number of pyridine rings is 1. The first-order valence-corrected chi connectivity index (χ1v) is 5.48. The number of hydrogen-bond donors (Lipinski definition) is 1. The molecule has 0 aliphatic rings. The van der Waals surface area contributed by atoms with Gasteiger partial charge in [-0.3, -0.25) is 9.78 Å². The van der Waals surface area contributed by atoms with Crippen LogP contribution < -0.4 is 5.73 Å². The van der Waals surface area contributed by atoms with Gasteiger partial charge in [-0.25, -0.2) is 0 Å². The van der Waals surface area contributed by atoms with Gasteiger partial charge in [0, 0.05) is 17.1 Å². The van der Waals surface area contributed by atoms with E-state index >= 15 is 0 Å². The van der Waals surface area contributed by atoms with Crippen molar-refractivity contribution in [1.29, 1.82) is 0 Å². The van der Waals surface area contributed by atoms with Crippen LogP contribution in [-0.4, -0.2) is 16.8 Å². The van der Waals surface area contributed by atoms with Crippen molar-refractivity contribution in [2.45, 2.75) is 12.5 Å². The van der Waals surface area contributed by atoms with Gasteiger partial charge >= 0.3 is 0 Å². The van der Waals surface area contributed by atoms with Gasteiger partial charge in [-0.1, -0.05) is 24.3 Å². The number of fused-ring (bicyclic) bond motifs is 1. The van der Waals surface area contributed by atoms with Crippen LogP contribution in [-0.2, 0) is 0 Å². The number of nitrogens with two attached hydrogens (primary N) is 1. The van der Waals surface area contributed by atoms with Crippen molar-refractivity contribution in [1.82, 2.24) is 4.98 Å². The van der Waals surface area contributed by atoms with Gasteiger partial charge in [0.15, 0.2) is 5.78 Å². The predicted octanol–water partition coefficient (Wildman–Crippen LogP) is 2.32. The number of benzene rings is 1. The Morgan fingerprint density at radius 2 is 2.24 bits per heavy atom. The molecular formula is C14H14N2O. The Morgan fingerprint density at radius 1 is 1.47 bits per heavy atom. The van der Waals surface area contributed by atoms with Gasteiger partial charge in [-0.15, -0.1) is 6.58 Å². The molecule has 1 aromatic heterocycles. The first-order valence-electron chi connectivity index (χ1n) is 5.48. The van der Waals surface area contributed by atoms with E-state index in [1.165, 1.54) is 0 Å². The van der Waals surface area contributed by atoms with Crippen molar-refractivity contribution >= 4 is 16.7 Å². The van der Waals surface area contributed by atoms with Gasteiger partial charge in [-0.2, -0.15) is 0 Å². The second-order valence-electron chi connectivity index (χ2n) is 3.91. The minimum absolute atomic E-state index is 0.0943. The Kier molecular flexibility index (Phi) is 3.30. The number of aromatic nitrogens is 1. The van der Waals surface area contributed by atoms with Gasteiger partial charge < -0.3 is 5.73 Å². The average Bonchev–Trinajstić information content (AvgIpc) is 2.37. The molecule has 1 aromatic carbocycles. The van der Waals surface area contributed by atoms with Crippen molar-refractivity contribution in [3.8, 4) is 0 Å². The highest BCUT2D eigenvalue weighted by Crippen LogP contribution is 2.14. The van der Waals surface area contributed by atoms with Crippen LogP contribution in [0.1, 0.15) is 16.8 Å². The summed E-state index contributed by atoms with van der Waals surface area (Å²) >= 11 is 0. The lowest BCUT2D eigenvalue weighted by atomic mass is 10.0. The minimum Gasteiger partial charge on any atom is -0.321 e. The molecule has 1 atom stereocenters. The molecule has 3 nitrogen and oxygen atoms in total. The standard InChI is InChI=1S/C14H14N2O/c1-2-5-12(15)14(17)11-8-10-6-3-4-7-13(10)16-9-11/h2-4,6-9,12H,1,5,15H2. The summed E-state index contributed by atoms with van der Waals surface area (Å²) in [6.07, 6.45) is 3.70. The van der Waals surface area contributed by atoms with Gasteiger partial charge in [0.25, 0.3) is 0 Å². The van der Waals surface area contributed by atoms with Crippen molar-refractivity contribution in [2.24, 2.45) is 5.73 Å². The van der Waals surface area contributed by atoms with Crippen molar-refractivity contribution in [2.75, 3.05) is 0 Å². The topological polar surface area (TPSA) is 56.0 Å². The monoisotopic (exact) mass is 226 g/mol. The van der Waals surface area contributed by atoms with Crippen LogP contribution in [0.2, 0.25) is 0 Å². The molecule has 0 fully saturated rings. The summed E-state index contributed by atoms with van der Waals surface area (Å²) in [4.78, 5) is 16.2. The highest BCUT2D eigenvalue weighted by molar-refractivity contribution is 6.02. The molecule has 0 saturated carbocycles. The molecule has 2 N–H and O–H groups in total. The van der Waals surface area contributed by atoms with Gasteiger partial charge in [0.05, 0.1) is 11.6 Å². The van der Waals surface area contributed by atoms with E-state index in [2.05, 4.69) is 11.6 Å². The fourth-order valence-corrected chi connectivity index (χ4v) is 1.71. The largest absolute Gasteiger partial charge is 0.321 e. The van der Waals surface area contributed by atoms with E-state index < -0.39 is 6.04 Å². The summed E-state index contributed by atoms with van der Waals surface area (Å²) in [6.45, 7) is 3.58. The number of ketones is 1. The molecule has 86 valence electrons. The molecule has 1 heterocycles. The number of para-hydroxylation sites is 1. The Morgan fingerprint density at radius 3 is 3.00 bits per heavy atom. The third-order valence-corrected chi connectivity index (χ3v) is 2.63. The summed E-state index contributed by atoms with van der Waals surface area (Å²) in [5.74, 6) is -0.0943. The average molecular weight is 226 g/mol. The summed E-state index contributed by atoms with van der Waals surface area (Å²) in [5, 5.41) is 0.948. The zero-order valence-electron chi connectivity index (χ0n) is 9.47. The quantitative estimate of drug-likeness (QED) is 0.643. The molecule has 0 aliphatic carbocycles. The fraction of sp³-hybridized carbons (Fsp3) is 0.143. The molecule has 17 heavy (non-hydrogen) atoms. The lowest BCUT2D eigenvalue weighted by Crippen LogP contribution is -2.29. The molecule has 0 radical (unpaired) electrons. The van der Waals surface area contributed by atoms with E-state index in [-0.39, 0.29) is 5.78 Å². The van der Waals surface area contributed by atoms with Crippen molar-refractivity contribution in [3.63, 3.8) is 0 Å². The second-order valence-corrected chi connectivity index (χ2v) is 3.91. The molecule has 0 amide bonds. The fourth-order valence-electron chi connectivity index (χ4n) is 1.71. The van der Waals surface area contributed by atoms with E-state index in [1.54, 1.807) is 12.3 Å². The molecule has 2 aromatic rings. The van der Waals surface area contributed by atoms with E-state index in [9.17, 15) is 4.79 Å². The van der Waals surface area contributed by atoms with E-state index in [1.807, 2.05) is 30.3 Å². The number of hydrogen-bond acceptors (Lipinski definition) is 3. The van der Waals surface area contributed by atoms with Gasteiger partial charge in [0.2, 0.25) is 0 Å². The van der Waals surface area contributed by atoms with Crippen LogP contribution >= 0.6 is 0 Å². The van der Waals surface area contributed by atoms with Gasteiger partial charge in [0.1, 0.15) is 0 Å². The maximum absolute atomic E-state index is 12.0. The summed E-state index contributed by atoms with van der Waals surface area (Å²) in [5.41, 5.74) is 7.19. The molecule has 3 heteroatoms. The summed E-state index contributed by atoms with van der Waals surface area (Å²) < 4.78 is 0. The van der Waals surface area contributed by atoms with Crippen LogP contribution in [0.15, 0.2) is 49.2 Å². The van der Waals surface area contributed by atoms with Crippen LogP contribution in [0, 0.1) is 0 Å². The summed E-state index contributed by atoms with van der Waals surface area (Å²) in [6, 6.07) is 8.97. The normalized spacial score (nSPS) is 12.3. The lowest BCUT2D eigenvalue weighted by molar-refractivity contribution is 0.0962. The molecular weight excluding hydrogens is 212 g/mol. The smallest absolute Gasteiger partial charge is 0.181 e. The Hall–Kier alpha value is -2.00. The third-order valence-electron chi connectivity index (χ3n) is 2.63. The zero-order chi connectivity index (χ0) is 12.3. The first-order chi connectivity index (χ1) is 8.22. The van der Waals surface area contributed by atoms with E-state index in [4.69, 9.17) is 5.73 Å². The predicted molar refractivity (Wildman–Crippen MR) is 68.9 cm³/mol. The highest BCUT2D eigenvalue weighted by atomic mass is 16.1. The maximum Gasteiger partial charge on any atom is 0.181 e. The number of carbonyl (C=O) groups is 1. The molecule has 0 aliphatic heterocycles. The summed E-state index contributed by atoms with van der Waals surface area (Å²) in [7, 11) is 0. The van der Waals surface area contributed by atoms with Crippen molar-refractivity contribution in [3.05, 3.63) is 54.7 Å². The van der Waals surface area contributed by atoms with Crippen LogP contribution in [0.3, 0.4) is 0 Å². The third kappa shape index (κ3) is 2.40. The number of rotatable bonds is 4. The lowest BCUT2D eigenvalue weighted by Gasteiger charge is -2.08. The number of nitrogens with zero attached hydrogens (tertiary/aromatic N) is 1. The van der Waals surface area contributed by atoms with Gasteiger partial charge in [-0.05, 0) is 18.6 Å². The Balaban J connectivity index is 2.36. The van der Waals surface area contributed by atoms with E-state index in [0.29, 0.717) is 12.0 Å². The minimum atomic E-state index is -0.532. The zero-order valence-corrected chi connectivity index (χ0v) is 9.47. The molecule has 2 rings (SSSR count).